The van der Waals surface area contributed by atoms with Crippen LogP contribution in [0.25, 0.3) is 11.1 Å². The van der Waals surface area contributed by atoms with Crippen molar-refractivity contribution in [2.75, 3.05) is 0 Å². The van der Waals surface area contributed by atoms with Gasteiger partial charge < -0.3 is 0 Å². The SMILES string of the molecule is Cc1ccc(-c2cnc(C=O)nc2)cc1. The first-order chi connectivity index (χ1) is 7.29. The molecular formula is C12H10N2O. The molecule has 0 radical (unpaired) electrons. The average Bonchev–Trinajstić information content (AvgIpc) is 2.30. The highest BCUT2D eigenvalue weighted by atomic mass is 16.1. The van der Waals surface area contributed by atoms with E-state index in [4.69, 9.17) is 0 Å². The van der Waals surface area contributed by atoms with Crippen molar-refractivity contribution in [1.29, 1.82) is 0 Å². The van der Waals surface area contributed by atoms with Crippen LogP contribution in [-0.2, 0) is 0 Å². The lowest BCUT2D eigenvalue weighted by Gasteiger charge is -2.00. The van der Waals surface area contributed by atoms with E-state index in [1.54, 1.807) is 12.4 Å². The van der Waals surface area contributed by atoms with Gasteiger partial charge in [-0.2, -0.15) is 0 Å². The summed E-state index contributed by atoms with van der Waals surface area (Å²) in [6.07, 6.45) is 3.95. The Morgan fingerprint density at radius 2 is 1.60 bits per heavy atom. The van der Waals surface area contributed by atoms with Crippen LogP contribution in [0.4, 0.5) is 0 Å². The third-order valence-corrected chi connectivity index (χ3v) is 2.16. The van der Waals surface area contributed by atoms with E-state index in [0.29, 0.717) is 6.29 Å². The molecule has 0 aliphatic carbocycles. The summed E-state index contributed by atoms with van der Waals surface area (Å²) in [4.78, 5) is 18.2. The van der Waals surface area contributed by atoms with Crippen molar-refractivity contribution in [3.05, 3.63) is 48.0 Å². The zero-order chi connectivity index (χ0) is 10.7. The molecule has 1 heterocycles. The lowest BCUT2D eigenvalue weighted by Crippen LogP contribution is -1.91. The molecule has 0 N–H and O–H groups in total. The second kappa shape index (κ2) is 4.00. The van der Waals surface area contributed by atoms with Gasteiger partial charge in [-0.1, -0.05) is 29.8 Å². The molecule has 1 aromatic carbocycles. The quantitative estimate of drug-likeness (QED) is 0.695. The number of nitrogens with zero attached hydrogens (tertiary/aromatic N) is 2. The van der Waals surface area contributed by atoms with Gasteiger partial charge in [-0.05, 0) is 12.5 Å². The van der Waals surface area contributed by atoms with Gasteiger partial charge in [0.05, 0.1) is 0 Å². The Labute approximate surface area is 87.8 Å². The Morgan fingerprint density at radius 1 is 1.00 bits per heavy atom. The smallest absolute Gasteiger partial charge is 0.192 e. The Hall–Kier alpha value is -2.03. The molecule has 0 unspecified atom stereocenters. The summed E-state index contributed by atoms with van der Waals surface area (Å²) in [7, 11) is 0. The molecule has 0 aliphatic heterocycles. The lowest BCUT2D eigenvalue weighted by molar-refractivity contribution is 0.111. The summed E-state index contributed by atoms with van der Waals surface area (Å²) in [5.74, 6) is 0.214. The zero-order valence-corrected chi connectivity index (χ0v) is 8.34. The van der Waals surface area contributed by atoms with Crippen LogP contribution >= 0.6 is 0 Å². The first-order valence-corrected chi connectivity index (χ1v) is 4.64. The van der Waals surface area contributed by atoms with Gasteiger partial charge in [0.1, 0.15) is 0 Å². The minimum Gasteiger partial charge on any atom is -0.294 e. The normalized spacial score (nSPS) is 9.93. The molecule has 0 aliphatic rings. The van der Waals surface area contributed by atoms with Gasteiger partial charge in [0.25, 0.3) is 0 Å². The van der Waals surface area contributed by atoms with Crippen LogP contribution in [0.5, 0.6) is 0 Å². The van der Waals surface area contributed by atoms with Gasteiger partial charge in [0, 0.05) is 18.0 Å². The molecule has 0 saturated carbocycles. The lowest BCUT2D eigenvalue weighted by atomic mass is 10.1. The van der Waals surface area contributed by atoms with Crippen molar-refractivity contribution in [3.63, 3.8) is 0 Å². The van der Waals surface area contributed by atoms with Crippen LogP contribution < -0.4 is 0 Å². The van der Waals surface area contributed by atoms with Crippen LogP contribution in [0, 0.1) is 6.92 Å². The second-order valence-corrected chi connectivity index (χ2v) is 3.31. The number of hydrogen-bond donors (Lipinski definition) is 0. The minimum absolute atomic E-state index is 0.214. The van der Waals surface area contributed by atoms with E-state index in [0.717, 1.165) is 11.1 Å². The van der Waals surface area contributed by atoms with Crippen molar-refractivity contribution >= 4 is 6.29 Å². The van der Waals surface area contributed by atoms with Gasteiger partial charge in [-0.25, -0.2) is 9.97 Å². The number of carbonyl (C=O) groups is 1. The predicted octanol–water partition coefficient (Wildman–Crippen LogP) is 2.26. The molecule has 74 valence electrons. The monoisotopic (exact) mass is 198 g/mol. The molecule has 15 heavy (non-hydrogen) atoms. The molecule has 1 aromatic heterocycles. The molecular weight excluding hydrogens is 188 g/mol. The molecule has 0 amide bonds. The predicted molar refractivity (Wildman–Crippen MR) is 57.6 cm³/mol. The van der Waals surface area contributed by atoms with E-state index in [1.807, 2.05) is 31.2 Å². The van der Waals surface area contributed by atoms with Crippen molar-refractivity contribution < 1.29 is 4.79 Å². The molecule has 3 nitrogen and oxygen atoms in total. The highest BCUT2D eigenvalue weighted by Crippen LogP contribution is 2.17. The number of rotatable bonds is 2. The van der Waals surface area contributed by atoms with Crippen LogP contribution in [0.1, 0.15) is 16.2 Å². The van der Waals surface area contributed by atoms with Gasteiger partial charge in [0.2, 0.25) is 0 Å². The number of carbonyl (C=O) groups excluding carboxylic acids is 1. The number of benzene rings is 1. The maximum atomic E-state index is 10.4. The Morgan fingerprint density at radius 3 is 2.13 bits per heavy atom. The molecule has 0 saturated heterocycles. The average molecular weight is 198 g/mol. The van der Waals surface area contributed by atoms with E-state index in [-0.39, 0.29) is 5.82 Å². The molecule has 2 aromatic rings. The Kier molecular flexibility index (Phi) is 2.54. The van der Waals surface area contributed by atoms with Crippen molar-refractivity contribution in [2.45, 2.75) is 6.92 Å². The highest BCUT2D eigenvalue weighted by molar-refractivity contribution is 5.70. The van der Waals surface area contributed by atoms with Crippen LogP contribution in [0.3, 0.4) is 0 Å². The first kappa shape index (κ1) is 9.52. The van der Waals surface area contributed by atoms with E-state index in [1.165, 1.54) is 5.56 Å². The minimum atomic E-state index is 0.214. The van der Waals surface area contributed by atoms with Crippen LogP contribution in [0.2, 0.25) is 0 Å². The van der Waals surface area contributed by atoms with Gasteiger partial charge in [0.15, 0.2) is 12.1 Å². The van der Waals surface area contributed by atoms with E-state index in [9.17, 15) is 4.79 Å². The van der Waals surface area contributed by atoms with E-state index in [2.05, 4.69) is 9.97 Å². The third-order valence-electron chi connectivity index (χ3n) is 2.16. The maximum absolute atomic E-state index is 10.4. The highest BCUT2D eigenvalue weighted by Gasteiger charge is 1.98. The van der Waals surface area contributed by atoms with Crippen LogP contribution in [-0.4, -0.2) is 16.3 Å². The number of hydrogen-bond acceptors (Lipinski definition) is 3. The summed E-state index contributed by atoms with van der Waals surface area (Å²) in [6, 6.07) is 8.08. The Balaban J connectivity index is 2.37. The molecule has 0 bridgehead atoms. The largest absolute Gasteiger partial charge is 0.294 e. The number of aldehydes is 1. The molecule has 0 spiro atoms. The van der Waals surface area contributed by atoms with Crippen LogP contribution in [0.15, 0.2) is 36.7 Å². The standard InChI is InChI=1S/C12H10N2O/c1-9-2-4-10(5-3-9)11-6-13-12(8-15)14-7-11/h2-8H,1H3. The topological polar surface area (TPSA) is 42.9 Å². The van der Waals surface area contributed by atoms with Crippen molar-refractivity contribution in [1.82, 2.24) is 9.97 Å². The summed E-state index contributed by atoms with van der Waals surface area (Å²) in [5, 5.41) is 0. The van der Waals surface area contributed by atoms with Crippen molar-refractivity contribution in [3.8, 4) is 11.1 Å². The zero-order valence-electron chi connectivity index (χ0n) is 8.34. The summed E-state index contributed by atoms with van der Waals surface area (Å²) < 4.78 is 0. The van der Waals surface area contributed by atoms with Crippen molar-refractivity contribution in [2.24, 2.45) is 0 Å². The number of aromatic nitrogens is 2. The fourth-order valence-corrected chi connectivity index (χ4v) is 1.29. The molecule has 0 atom stereocenters. The second-order valence-electron chi connectivity index (χ2n) is 3.31. The van der Waals surface area contributed by atoms with E-state index < -0.39 is 0 Å². The van der Waals surface area contributed by atoms with E-state index >= 15 is 0 Å². The van der Waals surface area contributed by atoms with Gasteiger partial charge in [-0.3, -0.25) is 4.79 Å². The summed E-state index contributed by atoms with van der Waals surface area (Å²) in [5.41, 5.74) is 3.18. The van der Waals surface area contributed by atoms with Gasteiger partial charge >= 0.3 is 0 Å². The third kappa shape index (κ3) is 2.07. The molecule has 0 fully saturated rings. The fraction of sp³-hybridized carbons (Fsp3) is 0.0833. The molecule has 2 rings (SSSR count). The summed E-state index contributed by atoms with van der Waals surface area (Å²) >= 11 is 0. The fourth-order valence-electron chi connectivity index (χ4n) is 1.29. The number of aryl methyl sites for hydroxylation is 1. The summed E-state index contributed by atoms with van der Waals surface area (Å²) in [6.45, 7) is 2.04. The Bertz CT molecular complexity index is 460. The molecule has 3 heteroatoms. The van der Waals surface area contributed by atoms with Gasteiger partial charge in [-0.15, -0.1) is 0 Å². The maximum Gasteiger partial charge on any atom is 0.192 e. The first-order valence-electron chi connectivity index (χ1n) is 4.64.